The quantitative estimate of drug-likeness (QED) is 0.622. The highest BCUT2D eigenvalue weighted by Crippen LogP contribution is 2.07. The molecule has 2 N–H and O–H groups in total. The van der Waals surface area contributed by atoms with Crippen molar-refractivity contribution >= 4 is 11.9 Å². The first-order valence-corrected chi connectivity index (χ1v) is 4.18. The maximum absolute atomic E-state index is 10.9. The van der Waals surface area contributed by atoms with Crippen LogP contribution in [0.4, 0.5) is 0 Å². The predicted octanol–water partition coefficient (Wildman–Crippen LogP) is 0.788. The van der Waals surface area contributed by atoms with Crippen molar-refractivity contribution in [2.75, 3.05) is 0 Å². The SMILES string of the molecule is C=CC(=O)NC(C(=O)O)C(C)CC. The zero-order valence-corrected chi connectivity index (χ0v) is 7.91. The molecule has 0 aliphatic rings. The van der Waals surface area contributed by atoms with Crippen molar-refractivity contribution in [2.24, 2.45) is 5.92 Å². The van der Waals surface area contributed by atoms with Crippen molar-refractivity contribution in [2.45, 2.75) is 26.3 Å². The number of carboxylic acids is 1. The Bertz CT molecular complexity index is 213. The van der Waals surface area contributed by atoms with Crippen molar-refractivity contribution in [3.63, 3.8) is 0 Å². The summed E-state index contributed by atoms with van der Waals surface area (Å²) in [6.45, 7) is 6.91. The Balaban J connectivity index is 4.34. The molecule has 2 atom stereocenters. The number of hydrogen-bond donors (Lipinski definition) is 2. The molecular formula is C9H15NO3. The third-order valence-corrected chi connectivity index (χ3v) is 1.96. The summed E-state index contributed by atoms with van der Waals surface area (Å²) < 4.78 is 0. The van der Waals surface area contributed by atoms with Crippen molar-refractivity contribution in [1.82, 2.24) is 5.32 Å². The summed E-state index contributed by atoms with van der Waals surface area (Å²) in [6, 6.07) is -0.824. The molecule has 0 spiro atoms. The highest BCUT2D eigenvalue weighted by molar-refractivity contribution is 5.90. The molecule has 0 fully saturated rings. The van der Waals surface area contributed by atoms with Crippen molar-refractivity contribution in [3.05, 3.63) is 12.7 Å². The number of carbonyl (C=O) groups excluding carboxylic acids is 1. The monoisotopic (exact) mass is 185 g/mol. The number of nitrogens with one attached hydrogen (secondary N) is 1. The molecule has 4 nitrogen and oxygen atoms in total. The van der Waals surface area contributed by atoms with Gasteiger partial charge in [-0.15, -0.1) is 0 Å². The molecule has 0 aromatic heterocycles. The molecule has 0 aliphatic carbocycles. The minimum absolute atomic E-state index is 0.0820. The molecule has 0 saturated heterocycles. The first-order valence-electron chi connectivity index (χ1n) is 4.18. The van der Waals surface area contributed by atoms with E-state index in [1.807, 2.05) is 6.92 Å². The number of hydrogen-bond acceptors (Lipinski definition) is 2. The van der Waals surface area contributed by atoms with E-state index in [9.17, 15) is 9.59 Å². The molecule has 4 heteroatoms. The zero-order valence-electron chi connectivity index (χ0n) is 7.91. The van der Waals surface area contributed by atoms with E-state index in [0.717, 1.165) is 6.08 Å². The summed E-state index contributed by atoms with van der Waals surface area (Å²) in [5, 5.41) is 11.1. The van der Waals surface area contributed by atoms with Crippen LogP contribution < -0.4 is 5.32 Å². The molecule has 0 radical (unpaired) electrons. The van der Waals surface area contributed by atoms with E-state index < -0.39 is 17.9 Å². The van der Waals surface area contributed by atoms with Gasteiger partial charge in [0.1, 0.15) is 6.04 Å². The van der Waals surface area contributed by atoms with Crippen LogP contribution >= 0.6 is 0 Å². The summed E-state index contributed by atoms with van der Waals surface area (Å²) in [7, 11) is 0. The molecule has 74 valence electrons. The van der Waals surface area contributed by atoms with Crippen LogP contribution in [0.1, 0.15) is 20.3 Å². The molecule has 0 aliphatic heterocycles. The summed E-state index contributed by atoms with van der Waals surface area (Å²) >= 11 is 0. The van der Waals surface area contributed by atoms with Crippen molar-refractivity contribution in [3.8, 4) is 0 Å². The van der Waals surface area contributed by atoms with Gasteiger partial charge in [-0.1, -0.05) is 26.8 Å². The molecule has 0 aromatic carbocycles. The van der Waals surface area contributed by atoms with E-state index in [0.29, 0.717) is 6.42 Å². The second-order valence-corrected chi connectivity index (χ2v) is 2.91. The number of rotatable bonds is 5. The van der Waals surface area contributed by atoms with Crippen molar-refractivity contribution < 1.29 is 14.7 Å². The molecule has 1 amide bonds. The number of aliphatic carboxylic acids is 1. The smallest absolute Gasteiger partial charge is 0.326 e. The van der Waals surface area contributed by atoms with Crippen LogP contribution in [-0.2, 0) is 9.59 Å². The lowest BCUT2D eigenvalue weighted by atomic mass is 9.99. The lowest BCUT2D eigenvalue weighted by Crippen LogP contribution is -2.44. The Morgan fingerprint density at radius 3 is 2.46 bits per heavy atom. The van der Waals surface area contributed by atoms with Gasteiger partial charge in [-0.2, -0.15) is 0 Å². The van der Waals surface area contributed by atoms with Crippen LogP contribution in [0.5, 0.6) is 0 Å². The minimum Gasteiger partial charge on any atom is -0.480 e. The lowest BCUT2D eigenvalue weighted by molar-refractivity contribution is -0.142. The fourth-order valence-corrected chi connectivity index (χ4v) is 0.895. The third-order valence-electron chi connectivity index (χ3n) is 1.96. The van der Waals surface area contributed by atoms with Gasteiger partial charge in [-0.3, -0.25) is 4.79 Å². The molecule has 0 saturated carbocycles. The van der Waals surface area contributed by atoms with Crippen LogP contribution in [0, 0.1) is 5.92 Å². The third kappa shape index (κ3) is 3.73. The summed E-state index contributed by atoms with van der Waals surface area (Å²) in [4.78, 5) is 21.6. The second kappa shape index (κ2) is 5.35. The Labute approximate surface area is 77.6 Å². The number of carboxylic acid groups (broad SMARTS) is 1. The average Bonchev–Trinajstić information content (AvgIpc) is 2.11. The molecule has 0 aromatic rings. The van der Waals surface area contributed by atoms with Crippen LogP contribution in [0.2, 0.25) is 0 Å². The molecule has 13 heavy (non-hydrogen) atoms. The summed E-state index contributed by atoms with van der Waals surface area (Å²) in [5.41, 5.74) is 0. The highest BCUT2D eigenvalue weighted by Gasteiger charge is 2.24. The largest absolute Gasteiger partial charge is 0.480 e. The Morgan fingerprint density at radius 2 is 2.15 bits per heavy atom. The van der Waals surface area contributed by atoms with Gasteiger partial charge in [-0.25, -0.2) is 4.79 Å². The summed E-state index contributed by atoms with van der Waals surface area (Å²) in [6.07, 6.45) is 1.77. The van der Waals surface area contributed by atoms with Gasteiger partial charge in [0.25, 0.3) is 0 Å². The lowest BCUT2D eigenvalue weighted by Gasteiger charge is -2.18. The van der Waals surface area contributed by atoms with Crippen molar-refractivity contribution in [1.29, 1.82) is 0 Å². The van der Waals surface area contributed by atoms with Crippen LogP contribution in [0.25, 0.3) is 0 Å². The van der Waals surface area contributed by atoms with E-state index in [2.05, 4.69) is 11.9 Å². The topological polar surface area (TPSA) is 66.4 Å². The second-order valence-electron chi connectivity index (χ2n) is 2.91. The maximum Gasteiger partial charge on any atom is 0.326 e. The minimum atomic E-state index is -1.01. The van der Waals surface area contributed by atoms with Gasteiger partial charge < -0.3 is 10.4 Å². The van der Waals surface area contributed by atoms with E-state index in [4.69, 9.17) is 5.11 Å². The molecule has 2 unspecified atom stereocenters. The first kappa shape index (κ1) is 11.7. The van der Waals surface area contributed by atoms with E-state index in [1.165, 1.54) is 0 Å². The Kier molecular flexibility index (Phi) is 4.80. The first-order chi connectivity index (χ1) is 6.02. The van der Waals surface area contributed by atoms with Gasteiger partial charge in [0.15, 0.2) is 0 Å². The van der Waals surface area contributed by atoms with E-state index >= 15 is 0 Å². The number of carbonyl (C=O) groups is 2. The number of amides is 1. The highest BCUT2D eigenvalue weighted by atomic mass is 16.4. The molecule has 0 rings (SSSR count). The predicted molar refractivity (Wildman–Crippen MR) is 49.2 cm³/mol. The van der Waals surface area contributed by atoms with E-state index in [-0.39, 0.29) is 5.92 Å². The van der Waals surface area contributed by atoms with Gasteiger partial charge in [0, 0.05) is 0 Å². The molecule has 0 heterocycles. The molecular weight excluding hydrogens is 170 g/mol. The standard InChI is InChI=1S/C9H15NO3/c1-4-6(3)8(9(12)13)10-7(11)5-2/h5-6,8H,2,4H2,1,3H3,(H,10,11)(H,12,13). The average molecular weight is 185 g/mol. The van der Waals surface area contributed by atoms with Gasteiger partial charge >= 0.3 is 5.97 Å². The van der Waals surface area contributed by atoms with Crippen LogP contribution in [0.15, 0.2) is 12.7 Å². The normalized spacial score (nSPS) is 14.3. The zero-order chi connectivity index (χ0) is 10.4. The van der Waals surface area contributed by atoms with Gasteiger partial charge in [0.2, 0.25) is 5.91 Å². The van der Waals surface area contributed by atoms with Gasteiger partial charge in [-0.05, 0) is 12.0 Å². The fourth-order valence-electron chi connectivity index (χ4n) is 0.895. The van der Waals surface area contributed by atoms with Crippen LogP contribution in [0.3, 0.4) is 0 Å². The van der Waals surface area contributed by atoms with E-state index in [1.54, 1.807) is 6.92 Å². The Hall–Kier alpha value is -1.32. The summed E-state index contributed by atoms with van der Waals surface area (Å²) in [5.74, 6) is -1.54. The van der Waals surface area contributed by atoms with Crippen LogP contribution in [-0.4, -0.2) is 23.0 Å². The Morgan fingerprint density at radius 1 is 1.62 bits per heavy atom. The molecule has 0 bridgehead atoms. The maximum atomic E-state index is 10.9. The fraction of sp³-hybridized carbons (Fsp3) is 0.556. The van der Waals surface area contributed by atoms with Gasteiger partial charge in [0.05, 0.1) is 0 Å².